The Balaban J connectivity index is 2.89. The van der Waals surface area contributed by atoms with Gasteiger partial charge in [0, 0.05) is 11.6 Å². The van der Waals surface area contributed by atoms with Gasteiger partial charge >= 0.3 is 0 Å². The minimum atomic E-state index is -0.243. The van der Waals surface area contributed by atoms with Crippen molar-refractivity contribution in [2.24, 2.45) is 0 Å². The summed E-state index contributed by atoms with van der Waals surface area (Å²) in [7, 11) is 0. The fourth-order valence-electron chi connectivity index (χ4n) is 1.25. The lowest BCUT2D eigenvalue weighted by molar-refractivity contribution is 0.630. The first kappa shape index (κ1) is 8.45. The molecule has 0 saturated heterocycles. The molecule has 13 heavy (non-hydrogen) atoms. The van der Waals surface area contributed by atoms with Gasteiger partial charge in [-0.05, 0) is 24.6 Å². The predicted molar refractivity (Wildman–Crippen MR) is 51.4 cm³/mol. The summed E-state index contributed by atoms with van der Waals surface area (Å²) in [4.78, 5) is 4.01. The molecule has 2 rings (SSSR count). The van der Waals surface area contributed by atoms with Gasteiger partial charge in [0.25, 0.3) is 0 Å². The summed E-state index contributed by atoms with van der Waals surface area (Å²) in [6.07, 6.45) is 1.51. The standard InChI is InChI=1S/C10H7ClFN/c1-6-2-3-9-8(10(6)12)4-7(11)5-13-9/h2-5H,1H3. The van der Waals surface area contributed by atoms with Gasteiger partial charge in [-0.3, -0.25) is 4.98 Å². The van der Waals surface area contributed by atoms with Crippen LogP contribution >= 0.6 is 11.6 Å². The fourth-order valence-corrected chi connectivity index (χ4v) is 1.41. The van der Waals surface area contributed by atoms with Crippen LogP contribution in [-0.4, -0.2) is 4.98 Å². The highest BCUT2D eigenvalue weighted by molar-refractivity contribution is 6.31. The third-order valence-corrected chi connectivity index (χ3v) is 2.17. The number of halogens is 2. The zero-order valence-electron chi connectivity index (χ0n) is 7.01. The summed E-state index contributed by atoms with van der Waals surface area (Å²) >= 11 is 5.71. The van der Waals surface area contributed by atoms with Crippen LogP contribution < -0.4 is 0 Å². The molecule has 0 N–H and O–H groups in total. The van der Waals surface area contributed by atoms with Crippen LogP contribution in [0.5, 0.6) is 0 Å². The minimum absolute atomic E-state index is 0.243. The van der Waals surface area contributed by atoms with Gasteiger partial charge in [0.1, 0.15) is 5.82 Å². The van der Waals surface area contributed by atoms with Gasteiger partial charge < -0.3 is 0 Å². The lowest BCUT2D eigenvalue weighted by atomic mass is 10.1. The van der Waals surface area contributed by atoms with E-state index in [2.05, 4.69) is 4.98 Å². The SMILES string of the molecule is Cc1ccc2ncc(Cl)cc2c1F. The number of hydrogen-bond donors (Lipinski definition) is 0. The molecule has 0 radical (unpaired) electrons. The van der Waals surface area contributed by atoms with Crippen LogP contribution in [0.15, 0.2) is 24.4 Å². The Kier molecular flexibility index (Phi) is 1.93. The summed E-state index contributed by atoms with van der Waals surface area (Å²) in [6.45, 7) is 1.72. The van der Waals surface area contributed by atoms with Gasteiger partial charge in [0.05, 0.1) is 10.5 Å². The monoisotopic (exact) mass is 195 g/mol. The molecule has 0 atom stereocenters. The van der Waals surface area contributed by atoms with Crippen molar-refractivity contribution in [1.29, 1.82) is 0 Å². The zero-order valence-corrected chi connectivity index (χ0v) is 7.77. The average Bonchev–Trinajstić information content (AvgIpc) is 2.12. The third kappa shape index (κ3) is 1.38. The van der Waals surface area contributed by atoms with E-state index in [1.54, 1.807) is 25.1 Å². The number of hydrogen-bond acceptors (Lipinski definition) is 1. The Bertz CT molecular complexity index is 462. The van der Waals surface area contributed by atoms with E-state index in [1.165, 1.54) is 6.20 Å². The summed E-state index contributed by atoms with van der Waals surface area (Å²) in [6, 6.07) is 5.08. The van der Waals surface area contributed by atoms with Gasteiger partial charge in [0.2, 0.25) is 0 Å². The third-order valence-electron chi connectivity index (χ3n) is 1.96. The molecule has 0 aliphatic heterocycles. The Morgan fingerprint density at radius 3 is 2.92 bits per heavy atom. The van der Waals surface area contributed by atoms with Gasteiger partial charge in [-0.2, -0.15) is 0 Å². The number of nitrogens with zero attached hydrogens (tertiary/aromatic N) is 1. The van der Waals surface area contributed by atoms with Crippen LogP contribution in [0, 0.1) is 12.7 Å². The molecule has 0 amide bonds. The molecule has 66 valence electrons. The molecule has 0 bridgehead atoms. The van der Waals surface area contributed by atoms with E-state index in [0.29, 0.717) is 21.5 Å². The van der Waals surface area contributed by atoms with Crippen molar-refractivity contribution in [2.45, 2.75) is 6.92 Å². The molecule has 1 nitrogen and oxygen atoms in total. The van der Waals surface area contributed by atoms with Crippen LogP contribution in [0.4, 0.5) is 4.39 Å². The van der Waals surface area contributed by atoms with Gasteiger partial charge in [-0.25, -0.2) is 4.39 Å². The quantitative estimate of drug-likeness (QED) is 0.628. The number of rotatable bonds is 0. The summed E-state index contributed by atoms with van der Waals surface area (Å²) in [5, 5.41) is 0.935. The molecule has 0 aliphatic rings. The van der Waals surface area contributed by atoms with Crippen LogP contribution in [-0.2, 0) is 0 Å². The molecule has 1 aromatic carbocycles. The number of benzene rings is 1. The topological polar surface area (TPSA) is 12.9 Å². The number of fused-ring (bicyclic) bond motifs is 1. The summed E-state index contributed by atoms with van der Waals surface area (Å²) in [5.74, 6) is -0.243. The summed E-state index contributed by atoms with van der Waals surface area (Å²) in [5.41, 5.74) is 1.24. The zero-order chi connectivity index (χ0) is 9.42. The van der Waals surface area contributed by atoms with Crippen molar-refractivity contribution in [3.8, 4) is 0 Å². The molecule has 1 heterocycles. The molecule has 0 aliphatic carbocycles. The second-order valence-corrected chi connectivity index (χ2v) is 3.35. The molecule has 2 aromatic rings. The maximum Gasteiger partial charge on any atom is 0.135 e. The molecule has 0 saturated carbocycles. The van der Waals surface area contributed by atoms with Crippen LogP contribution in [0.2, 0.25) is 5.02 Å². The Morgan fingerprint density at radius 2 is 2.15 bits per heavy atom. The largest absolute Gasteiger partial charge is 0.255 e. The van der Waals surface area contributed by atoms with Crippen molar-refractivity contribution >= 4 is 22.5 Å². The van der Waals surface area contributed by atoms with Crippen LogP contribution in [0.3, 0.4) is 0 Å². The van der Waals surface area contributed by atoms with Gasteiger partial charge in [-0.1, -0.05) is 17.7 Å². The normalized spacial score (nSPS) is 10.7. The van der Waals surface area contributed by atoms with Crippen LogP contribution in [0.1, 0.15) is 5.56 Å². The van der Waals surface area contributed by atoms with Crippen molar-refractivity contribution < 1.29 is 4.39 Å². The highest BCUT2D eigenvalue weighted by atomic mass is 35.5. The lowest BCUT2D eigenvalue weighted by Crippen LogP contribution is -1.86. The molecule has 0 fully saturated rings. The second kappa shape index (κ2) is 2.96. The average molecular weight is 196 g/mol. The van der Waals surface area contributed by atoms with Gasteiger partial charge in [-0.15, -0.1) is 0 Å². The smallest absolute Gasteiger partial charge is 0.135 e. The van der Waals surface area contributed by atoms with Crippen molar-refractivity contribution in [3.05, 3.63) is 40.8 Å². The maximum atomic E-state index is 13.5. The lowest BCUT2D eigenvalue weighted by Gasteiger charge is -2.01. The van der Waals surface area contributed by atoms with E-state index in [1.807, 2.05) is 0 Å². The predicted octanol–water partition coefficient (Wildman–Crippen LogP) is 3.34. The first-order chi connectivity index (χ1) is 6.18. The highest BCUT2D eigenvalue weighted by Crippen LogP contribution is 2.21. The highest BCUT2D eigenvalue weighted by Gasteiger charge is 2.04. The number of aryl methyl sites for hydroxylation is 1. The first-order valence-electron chi connectivity index (χ1n) is 3.89. The Hall–Kier alpha value is -1.15. The fraction of sp³-hybridized carbons (Fsp3) is 0.100. The molecule has 0 spiro atoms. The van der Waals surface area contributed by atoms with Crippen molar-refractivity contribution in [1.82, 2.24) is 4.98 Å². The molecule has 3 heteroatoms. The van der Waals surface area contributed by atoms with E-state index in [9.17, 15) is 4.39 Å². The molecule has 0 unspecified atom stereocenters. The van der Waals surface area contributed by atoms with E-state index >= 15 is 0 Å². The van der Waals surface area contributed by atoms with Crippen molar-refractivity contribution in [3.63, 3.8) is 0 Å². The Labute approximate surface area is 80.2 Å². The molecular weight excluding hydrogens is 189 g/mol. The first-order valence-corrected chi connectivity index (χ1v) is 4.26. The second-order valence-electron chi connectivity index (χ2n) is 2.92. The molecular formula is C10H7ClFN. The Morgan fingerprint density at radius 1 is 1.38 bits per heavy atom. The number of aromatic nitrogens is 1. The van der Waals surface area contributed by atoms with E-state index in [-0.39, 0.29) is 5.82 Å². The van der Waals surface area contributed by atoms with E-state index < -0.39 is 0 Å². The molecule has 1 aromatic heterocycles. The maximum absolute atomic E-state index is 13.5. The summed E-state index contributed by atoms with van der Waals surface area (Å²) < 4.78 is 13.5. The van der Waals surface area contributed by atoms with E-state index in [0.717, 1.165) is 0 Å². The van der Waals surface area contributed by atoms with Gasteiger partial charge in [0.15, 0.2) is 0 Å². The van der Waals surface area contributed by atoms with Crippen LogP contribution in [0.25, 0.3) is 10.9 Å². The minimum Gasteiger partial charge on any atom is -0.255 e. The van der Waals surface area contributed by atoms with E-state index in [4.69, 9.17) is 11.6 Å². The van der Waals surface area contributed by atoms with Crippen molar-refractivity contribution in [2.75, 3.05) is 0 Å². The number of pyridine rings is 1.